The molecule has 2 unspecified atom stereocenters. The average molecular weight is 172 g/mol. The molecule has 0 bridgehead atoms. The van der Waals surface area contributed by atoms with Gasteiger partial charge in [0.15, 0.2) is 0 Å². The van der Waals surface area contributed by atoms with E-state index in [2.05, 4.69) is 5.32 Å². The Labute approximate surface area is 74.3 Å². The van der Waals surface area contributed by atoms with E-state index >= 15 is 0 Å². The molecular weight excluding hydrogens is 152 g/mol. The Morgan fingerprint density at radius 2 is 2.33 bits per heavy atom. The van der Waals surface area contributed by atoms with Crippen LogP contribution in [0, 0.1) is 0 Å². The van der Waals surface area contributed by atoms with Gasteiger partial charge in [-0.25, -0.2) is 0 Å². The molecule has 12 heavy (non-hydrogen) atoms. The Kier molecular flexibility index (Phi) is 3.09. The van der Waals surface area contributed by atoms with Gasteiger partial charge in [-0.1, -0.05) is 0 Å². The molecular formula is C9H20N2O. The highest BCUT2D eigenvalue weighted by atomic mass is 16.3. The van der Waals surface area contributed by atoms with E-state index in [1.165, 1.54) is 6.42 Å². The summed E-state index contributed by atoms with van der Waals surface area (Å²) in [5.74, 6) is 0. The van der Waals surface area contributed by atoms with Crippen LogP contribution < -0.4 is 11.1 Å². The summed E-state index contributed by atoms with van der Waals surface area (Å²) in [5.41, 5.74) is 5.56. The zero-order valence-electron chi connectivity index (χ0n) is 8.01. The number of aliphatic hydroxyl groups is 1. The molecule has 0 amide bonds. The smallest absolute Gasteiger partial charge is 0.0710 e. The van der Waals surface area contributed by atoms with Gasteiger partial charge in [0.1, 0.15) is 0 Å². The van der Waals surface area contributed by atoms with Crippen molar-refractivity contribution in [3.8, 4) is 0 Å². The van der Waals surface area contributed by atoms with Gasteiger partial charge >= 0.3 is 0 Å². The van der Waals surface area contributed by atoms with Gasteiger partial charge in [-0.2, -0.15) is 0 Å². The van der Waals surface area contributed by atoms with Crippen LogP contribution in [0.25, 0.3) is 0 Å². The highest BCUT2D eigenvalue weighted by Gasteiger charge is 2.26. The highest BCUT2D eigenvalue weighted by Crippen LogP contribution is 2.16. The van der Waals surface area contributed by atoms with Gasteiger partial charge in [-0.05, 0) is 39.7 Å². The second-order valence-electron chi connectivity index (χ2n) is 4.46. The van der Waals surface area contributed by atoms with E-state index in [1.807, 2.05) is 13.8 Å². The summed E-state index contributed by atoms with van der Waals surface area (Å²) in [6, 6.07) is 0.271. The van der Waals surface area contributed by atoms with E-state index < -0.39 is 0 Å². The quantitative estimate of drug-likeness (QED) is 0.571. The molecule has 3 nitrogen and oxygen atoms in total. The van der Waals surface area contributed by atoms with Crippen molar-refractivity contribution >= 4 is 0 Å². The lowest BCUT2D eigenvalue weighted by Gasteiger charge is -2.26. The van der Waals surface area contributed by atoms with Gasteiger partial charge in [0.25, 0.3) is 0 Å². The van der Waals surface area contributed by atoms with E-state index in [0.717, 1.165) is 13.0 Å². The van der Waals surface area contributed by atoms with Gasteiger partial charge in [-0.15, -0.1) is 0 Å². The SMILES string of the molecule is CC(C)(N)CC(O)C1CCCN1. The molecule has 0 spiro atoms. The van der Waals surface area contributed by atoms with Gasteiger partial charge < -0.3 is 16.2 Å². The summed E-state index contributed by atoms with van der Waals surface area (Å²) in [4.78, 5) is 0. The largest absolute Gasteiger partial charge is 0.391 e. The summed E-state index contributed by atoms with van der Waals surface area (Å²) in [6.07, 6.45) is 2.64. The van der Waals surface area contributed by atoms with Crippen molar-refractivity contribution in [2.45, 2.75) is 50.8 Å². The molecule has 1 rings (SSSR count). The van der Waals surface area contributed by atoms with Crippen LogP contribution in [0.2, 0.25) is 0 Å². The van der Waals surface area contributed by atoms with E-state index in [0.29, 0.717) is 6.42 Å². The third-order valence-corrected chi connectivity index (χ3v) is 2.30. The van der Waals surface area contributed by atoms with Crippen LogP contribution in [-0.2, 0) is 0 Å². The Balaban J connectivity index is 2.31. The molecule has 1 heterocycles. The summed E-state index contributed by atoms with van der Waals surface area (Å²) < 4.78 is 0. The molecule has 1 aliphatic heterocycles. The van der Waals surface area contributed by atoms with Crippen LogP contribution >= 0.6 is 0 Å². The van der Waals surface area contributed by atoms with Gasteiger partial charge in [0, 0.05) is 11.6 Å². The first kappa shape index (κ1) is 9.96. The average Bonchev–Trinajstić information content (AvgIpc) is 2.32. The maximum Gasteiger partial charge on any atom is 0.0710 e. The first-order chi connectivity index (χ1) is 5.49. The van der Waals surface area contributed by atoms with E-state index in [4.69, 9.17) is 5.73 Å². The van der Waals surface area contributed by atoms with Gasteiger partial charge in [0.2, 0.25) is 0 Å². The van der Waals surface area contributed by atoms with Crippen molar-refractivity contribution in [3.63, 3.8) is 0 Å². The molecule has 4 N–H and O–H groups in total. The number of aliphatic hydroxyl groups excluding tert-OH is 1. The van der Waals surface area contributed by atoms with Crippen LogP contribution in [0.15, 0.2) is 0 Å². The molecule has 2 atom stereocenters. The topological polar surface area (TPSA) is 58.3 Å². The maximum atomic E-state index is 9.74. The van der Waals surface area contributed by atoms with Crippen molar-refractivity contribution in [1.82, 2.24) is 5.32 Å². The van der Waals surface area contributed by atoms with Crippen LogP contribution in [0.3, 0.4) is 0 Å². The Hall–Kier alpha value is -0.120. The number of nitrogens with two attached hydrogens (primary N) is 1. The molecule has 0 saturated carbocycles. The second-order valence-corrected chi connectivity index (χ2v) is 4.46. The molecule has 0 aliphatic carbocycles. The van der Waals surface area contributed by atoms with Crippen molar-refractivity contribution in [2.75, 3.05) is 6.54 Å². The Bertz CT molecular complexity index is 136. The predicted molar refractivity (Wildman–Crippen MR) is 49.9 cm³/mol. The zero-order chi connectivity index (χ0) is 9.19. The normalized spacial score (nSPS) is 27.5. The highest BCUT2D eigenvalue weighted by molar-refractivity contribution is 4.86. The summed E-state index contributed by atoms with van der Waals surface area (Å²) in [5, 5.41) is 13.0. The van der Waals surface area contributed by atoms with E-state index in [-0.39, 0.29) is 17.7 Å². The third-order valence-electron chi connectivity index (χ3n) is 2.30. The fourth-order valence-electron chi connectivity index (χ4n) is 1.72. The summed E-state index contributed by atoms with van der Waals surface area (Å²) >= 11 is 0. The minimum absolute atomic E-state index is 0.260. The Morgan fingerprint density at radius 1 is 1.67 bits per heavy atom. The maximum absolute atomic E-state index is 9.74. The first-order valence-corrected chi connectivity index (χ1v) is 4.69. The minimum Gasteiger partial charge on any atom is -0.391 e. The summed E-state index contributed by atoms with van der Waals surface area (Å²) in [7, 11) is 0. The first-order valence-electron chi connectivity index (χ1n) is 4.69. The van der Waals surface area contributed by atoms with Crippen LogP contribution in [-0.4, -0.2) is 29.3 Å². The fraction of sp³-hybridized carbons (Fsp3) is 1.00. The van der Waals surface area contributed by atoms with Crippen molar-refractivity contribution in [2.24, 2.45) is 5.73 Å². The van der Waals surface area contributed by atoms with Crippen molar-refractivity contribution in [3.05, 3.63) is 0 Å². The molecule has 72 valence electrons. The zero-order valence-corrected chi connectivity index (χ0v) is 8.01. The standard InChI is InChI=1S/C9H20N2O/c1-9(2,10)6-8(12)7-4-3-5-11-7/h7-8,11-12H,3-6,10H2,1-2H3. The van der Waals surface area contributed by atoms with Crippen LogP contribution in [0.5, 0.6) is 0 Å². The Morgan fingerprint density at radius 3 is 2.75 bits per heavy atom. The molecule has 0 aromatic carbocycles. The minimum atomic E-state index is -0.285. The molecule has 3 heteroatoms. The molecule has 0 aromatic heterocycles. The number of hydrogen-bond donors (Lipinski definition) is 3. The third kappa shape index (κ3) is 3.09. The van der Waals surface area contributed by atoms with Crippen LogP contribution in [0.4, 0.5) is 0 Å². The lowest BCUT2D eigenvalue weighted by molar-refractivity contribution is 0.106. The molecule has 1 fully saturated rings. The van der Waals surface area contributed by atoms with Gasteiger partial charge in [0.05, 0.1) is 6.10 Å². The van der Waals surface area contributed by atoms with Gasteiger partial charge in [-0.3, -0.25) is 0 Å². The van der Waals surface area contributed by atoms with Crippen molar-refractivity contribution < 1.29 is 5.11 Å². The number of hydrogen-bond acceptors (Lipinski definition) is 3. The molecule has 1 saturated heterocycles. The second kappa shape index (κ2) is 3.73. The lowest BCUT2D eigenvalue weighted by Crippen LogP contribution is -2.43. The van der Waals surface area contributed by atoms with E-state index in [9.17, 15) is 5.11 Å². The summed E-state index contributed by atoms with van der Waals surface area (Å²) in [6.45, 7) is 4.93. The monoisotopic (exact) mass is 172 g/mol. The number of nitrogens with one attached hydrogen (secondary N) is 1. The molecule has 0 radical (unpaired) electrons. The fourth-order valence-corrected chi connectivity index (χ4v) is 1.72. The van der Waals surface area contributed by atoms with E-state index in [1.54, 1.807) is 0 Å². The molecule has 1 aliphatic rings. The predicted octanol–water partition coefficient (Wildman–Crippen LogP) is 0.227. The lowest BCUT2D eigenvalue weighted by atomic mass is 9.94. The number of rotatable bonds is 3. The molecule has 0 aromatic rings. The van der Waals surface area contributed by atoms with Crippen LogP contribution in [0.1, 0.15) is 33.1 Å². The van der Waals surface area contributed by atoms with Crippen molar-refractivity contribution in [1.29, 1.82) is 0 Å².